The van der Waals surface area contributed by atoms with Crippen LogP contribution in [0.1, 0.15) is 12.5 Å². The van der Waals surface area contributed by atoms with Crippen LogP contribution in [0.15, 0.2) is 47.4 Å². The first-order chi connectivity index (χ1) is 14.0. The summed E-state index contributed by atoms with van der Waals surface area (Å²) in [4.78, 5) is 18.3. The van der Waals surface area contributed by atoms with Gasteiger partial charge in [-0.2, -0.15) is 0 Å². The molecule has 1 aliphatic heterocycles. The quantitative estimate of drug-likeness (QED) is 0.696. The number of carbonyl (C=O) groups excluding carboxylic acids is 1. The molecule has 3 rings (SSSR count). The third-order valence-corrected chi connectivity index (χ3v) is 6.12. The second-order valence-electron chi connectivity index (χ2n) is 7.15. The van der Waals surface area contributed by atoms with Gasteiger partial charge in [0.2, 0.25) is 5.91 Å². The van der Waals surface area contributed by atoms with Crippen LogP contribution in [-0.2, 0) is 11.3 Å². The molecule has 1 heterocycles. The maximum atomic E-state index is 13.9. The van der Waals surface area contributed by atoms with E-state index in [0.717, 1.165) is 42.3 Å². The van der Waals surface area contributed by atoms with Crippen molar-refractivity contribution in [1.29, 1.82) is 0 Å². The van der Waals surface area contributed by atoms with Crippen LogP contribution >= 0.6 is 11.8 Å². The van der Waals surface area contributed by atoms with E-state index in [1.807, 2.05) is 43.5 Å². The molecule has 5 nitrogen and oxygen atoms in total. The maximum absolute atomic E-state index is 13.9. The Morgan fingerprint density at radius 2 is 1.93 bits per heavy atom. The molecule has 2 aromatic carbocycles. The Balaban J connectivity index is 1.52. The Labute approximate surface area is 176 Å². The van der Waals surface area contributed by atoms with Gasteiger partial charge >= 0.3 is 0 Å². The molecule has 1 fully saturated rings. The number of anilines is 1. The zero-order valence-corrected chi connectivity index (χ0v) is 18.0. The SMILES string of the molecule is COc1ccc(CN2CCN([C@@H](C)C(=O)Nc3ccccc3SC)CC2)cc1F. The monoisotopic (exact) mass is 417 g/mol. The molecule has 0 bridgehead atoms. The number of amides is 1. The number of nitrogens with one attached hydrogen (secondary N) is 1. The van der Waals surface area contributed by atoms with Crippen molar-refractivity contribution in [3.05, 3.63) is 53.8 Å². The first kappa shape index (κ1) is 21.6. The number of ether oxygens (including phenoxy) is 1. The third-order valence-electron chi connectivity index (χ3n) is 5.32. The number of benzene rings is 2. The standard InChI is InChI=1S/C22H28FN3O2S/c1-16(22(27)24-19-6-4-5-7-21(19)29-3)26-12-10-25(11-13-26)15-17-8-9-20(28-2)18(23)14-17/h4-9,14,16H,10-13,15H2,1-3H3,(H,24,27)/t16-/m0/s1. The Morgan fingerprint density at radius 1 is 1.21 bits per heavy atom. The van der Waals surface area contributed by atoms with E-state index in [1.165, 1.54) is 13.2 Å². The number of piperazine rings is 1. The summed E-state index contributed by atoms with van der Waals surface area (Å²) in [6.07, 6.45) is 2.00. The highest BCUT2D eigenvalue weighted by molar-refractivity contribution is 7.98. The van der Waals surface area contributed by atoms with E-state index in [0.29, 0.717) is 6.54 Å². The molecule has 0 aromatic heterocycles. The Hall–Kier alpha value is -2.09. The fraction of sp³-hybridized carbons (Fsp3) is 0.409. The van der Waals surface area contributed by atoms with Crippen molar-refractivity contribution in [3.8, 4) is 5.75 Å². The van der Waals surface area contributed by atoms with E-state index >= 15 is 0 Å². The highest BCUT2D eigenvalue weighted by Crippen LogP contribution is 2.25. The number of nitrogens with zero attached hydrogens (tertiary/aromatic N) is 2. The Kier molecular flexibility index (Phi) is 7.52. The number of hydrogen-bond acceptors (Lipinski definition) is 5. The number of methoxy groups -OCH3 is 1. The van der Waals surface area contributed by atoms with E-state index in [2.05, 4.69) is 15.1 Å². The summed E-state index contributed by atoms with van der Waals surface area (Å²) < 4.78 is 18.9. The lowest BCUT2D eigenvalue weighted by Crippen LogP contribution is -2.52. The van der Waals surface area contributed by atoms with Crippen LogP contribution in [0.5, 0.6) is 5.75 Å². The molecule has 0 radical (unpaired) electrons. The van der Waals surface area contributed by atoms with E-state index in [9.17, 15) is 9.18 Å². The van der Waals surface area contributed by atoms with Crippen molar-refractivity contribution < 1.29 is 13.9 Å². The molecule has 0 saturated carbocycles. The van der Waals surface area contributed by atoms with Crippen molar-refractivity contribution in [2.24, 2.45) is 0 Å². The van der Waals surface area contributed by atoms with Gasteiger partial charge in [-0.3, -0.25) is 14.6 Å². The van der Waals surface area contributed by atoms with Gasteiger partial charge in [-0.15, -0.1) is 11.8 Å². The molecule has 156 valence electrons. The minimum absolute atomic E-state index is 0.0113. The molecule has 0 unspecified atom stereocenters. The smallest absolute Gasteiger partial charge is 0.241 e. The average Bonchev–Trinajstić information content (AvgIpc) is 2.74. The van der Waals surface area contributed by atoms with Gasteiger partial charge in [0.25, 0.3) is 0 Å². The minimum Gasteiger partial charge on any atom is -0.494 e. The summed E-state index contributed by atoms with van der Waals surface area (Å²) in [6.45, 7) is 5.93. The van der Waals surface area contributed by atoms with Crippen LogP contribution in [0.2, 0.25) is 0 Å². The molecule has 29 heavy (non-hydrogen) atoms. The lowest BCUT2D eigenvalue weighted by atomic mass is 10.1. The normalized spacial score (nSPS) is 16.4. The van der Waals surface area contributed by atoms with Gasteiger partial charge in [0, 0.05) is 37.6 Å². The van der Waals surface area contributed by atoms with Crippen LogP contribution in [-0.4, -0.2) is 61.3 Å². The molecule has 0 aliphatic carbocycles. The lowest BCUT2D eigenvalue weighted by molar-refractivity contribution is -0.121. The van der Waals surface area contributed by atoms with E-state index in [1.54, 1.807) is 17.8 Å². The van der Waals surface area contributed by atoms with Crippen LogP contribution < -0.4 is 10.1 Å². The molecule has 1 atom stereocenters. The fourth-order valence-corrected chi connectivity index (χ4v) is 4.08. The summed E-state index contributed by atoms with van der Waals surface area (Å²) in [6, 6.07) is 12.7. The summed E-state index contributed by atoms with van der Waals surface area (Å²) in [5.41, 5.74) is 1.79. The maximum Gasteiger partial charge on any atom is 0.241 e. The predicted molar refractivity (Wildman–Crippen MR) is 116 cm³/mol. The molecular weight excluding hydrogens is 389 g/mol. The number of para-hydroxylation sites is 1. The van der Waals surface area contributed by atoms with Crippen molar-refractivity contribution in [1.82, 2.24) is 9.80 Å². The molecule has 7 heteroatoms. The average molecular weight is 418 g/mol. The second kappa shape index (κ2) is 10.1. The van der Waals surface area contributed by atoms with Crippen molar-refractivity contribution in [2.45, 2.75) is 24.4 Å². The van der Waals surface area contributed by atoms with Gasteiger partial charge in [0.1, 0.15) is 0 Å². The summed E-state index contributed by atoms with van der Waals surface area (Å²) in [5.74, 6) is -0.0573. The van der Waals surface area contributed by atoms with Gasteiger partial charge in [-0.05, 0) is 43.0 Å². The number of rotatable bonds is 7. The molecule has 1 N–H and O–H groups in total. The van der Waals surface area contributed by atoms with Gasteiger partial charge in [0.05, 0.1) is 18.8 Å². The van der Waals surface area contributed by atoms with Crippen LogP contribution in [0, 0.1) is 5.82 Å². The van der Waals surface area contributed by atoms with Crippen LogP contribution in [0.3, 0.4) is 0 Å². The number of carbonyl (C=O) groups is 1. The lowest BCUT2D eigenvalue weighted by Gasteiger charge is -2.37. The molecule has 0 spiro atoms. The molecule has 1 saturated heterocycles. The third kappa shape index (κ3) is 5.50. The first-order valence-electron chi connectivity index (χ1n) is 9.74. The summed E-state index contributed by atoms with van der Waals surface area (Å²) in [5, 5.41) is 3.06. The second-order valence-corrected chi connectivity index (χ2v) is 7.99. The molecule has 1 amide bonds. The predicted octanol–water partition coefficient (Wildman–Crippen LogP) is 3.70. The molecule has 1 aliphatic rings. The minimum atomic E-state index is -0.334. The van der Waals surface area contributed by atoms with Crippen molar-refractivity contribution >= 4 is 23.4 Å². The first-order valence-corrected chi connectivity index (χ1v) is 11.0. The molecule has 2 aromatic rings. The number of hydrogen-bond donors (Lipinski definition) is 1. The van der Waals surface area contributed by atoms with E-state index < -0.39 is 0 Å². The van der Waals surface area contributed by atoms with Crippen LogP contribution in [0.25, 0.3) is 0 Å². The largest absolute Gasteiger partial charge is 0.494 e. The Bertz CT molecular complexity index is 841. The Morgan fingerprint density at radius 3 is 2.59 bits per heavy atom. The van der Waals surface area contributed by atoms with Crippen LogP contribution in [0.4, 0.5) is 10.1 Å². The van der Waals surface area contributed by atoms with E-state index in [-0.39, 0.29) is 23.5 Å². The van der Waals surface area contributed by atoms with Gasteiger partial charge < -0.3 is 10.1 Å². The van der Waals surface area contributed by atoms with E-state index in [4.69, 9.17) is 4.74 Å². The fourth-order valence-electron chi connectivity index (χ4n) is 3.53. The highest BCUT2D eigenvalue weighted by Gasteiger charge is 2.26. The topological polar surface area (TPSA) is 44.8 Å². The number of halogens is 1. The van der Waals surface area contributed by atoms with Crippen molar-refractivity contribution in [2.75, 3.05) is 44.9 Å². The van der Waals surface area contributed by atoms with Gasteiger partial charge in [-0.25, -0.2) is 4.39 Å². The summed E-state index contributed by atoms with van der Waals surface area (Å²) >= 11 is 1.62. The zero-order chi connectivity index (χ0) is 20.8. The van der Waals surface area contributed by atoms with Gasteiger partial charge in [-0.1, -0.05) is 18.2 Å². The number of thioether (sulfide) groups is 1. The van der Waals surface area contributed by atoms with Crippen molar-refractivity contribution in [3.63, 3.8) is 0 Å². The molecular formula is C22H28FN3O2S. The highest BCUT2D eigenvalue weighted by atomic mass is 32.2. The van der Waals surface area contributed by atoms with Gasteiger partial charge in [0.15, 0.2) is 11.6 Å². The zero-order valence-electron chi connectivity index (χ0n) is 17.2. The summed E-state index contributed by atoms with van der Waals surface area (Å²) in [7, 11) is 1.47.